The van der Waals surface area contributed by atoms with Crippen LogP contribution in [0.1, 0.15) is 40.6 Å². The van der Waals surface area contributed by atoms with Crippen molar-refractivity contribution in [3.8, 4) is 16.9 Å². The number of allylic oxidation sites excluding steroid dienone is 4. The highest BCUT2D eigenvalue weighted by Crippen LogP contribution is 2.54. The molecule has 3 aliphatic rings. The van der Waals surface area contributed by atoms with Gasteiger partial charge >= 0.3 is 0 Å². The molecule has 2 unspecified atom stereocenters. The molecular weight excluding hydrogens is 635 g/mol. The van der Waals surface area contributed by atoms with Crippen molar-refractivity contribution in [2.24, 2.45) is 4.99 Å². The number of nitrogens with zero attached hydrogens (tertiary/aromatic N) is 2. The number of amidine groups is 1. The fourth-order valence-electron chi connectivity index (χ4n) is 7.94. The van der Waals surface area contributed by atoms with Gasteiger partial charge in [0, 0.05) is 28.1 Å². The first kappa shape index (κ1) is 30.2. The molecule has 2 aliphatic heterocycles. The van der Waals surface area contributed by atoms with Gasteiger partial charge in [-0.15, -0.1) is 0 Å². The minimum atomic E-state index is -0.0268. The van der Waals surface area contributed by atoms with Crippen molar-refractivity contribution in [2.45, 2.75) is 18.4 Å². The first-order valence-corrected chi connectivity index (χ1v) is 17.9. The summed E-state index contributed by atoms with van der Waals surface area (Å²) in [7, 11) is 0. The van der Waals surface area contributed by atoms with Crippen molar-refractivity contribution in [2.75, 3.05) is 4.90 Å². The van der Waals surface area contributed by atoms with Crippen LogP contribution in [-0.4, -0.2) is 5.84 Å². The molecule has 248 valence electrons. The lowest BCUT2D eigenvalue weighted by atomic mass is 9.87. The predicted molar refractivity (Wildman–Crippen MR) is 213 cm³/mol. The molecule has 0 amide bonds. The Morgan fingerprint density at radius 1 is 0.635 bits per heavy atom. The van der Waals surface area contributed by atoms with Crippen molar-refractivity contribution in [3.63, 3.8) is 0 Å². The smallest absolute Gasteiger partial charge is 0.155 e. The second-order valence-electron chi connectivity index (χ2n) is 13.5. The highest BCUT2D eigenvalue weighted by molar-refractivity contribution is 6.05. The fourth-order valence-corrected chi connectivity index (χ4v) is 7.94. The lowest BCUT2D eigenvalue weighted by molar-refractivity contribution is 0.426. The zero-order valence-corrected chi connectivity index (χ0v) is 28.5. The number of benzene rings is 7. The SMILES string of the molecule is C1=CCC2C(=C1)Oc1c(N(c3ccc(-c4ccccc4)cc3)c3ccc4ccccc4c3)ccc(C3=Nc4ccccc4C(c4ccccc4)N3)c12. The van der Waals surface area contributed by atoms with Crippen LogP contribution in [0.2, 0.25) is 0 Å². The van der Waals surface area contributed by atoms with Crippen molar-refractivity contribution in [3.05, 3.63) is 210 Å². The van der Waals surface area contributed by atoms with Crippen LogP contribution in [0.3, 0.4) is 0 Å². The molecule has 0 bridgehead atoms. The molecule has 52 heavy (non-hydrogen) atoms. The number of fused-ring (bicyclic) bond motifs is 5. The Balaban J connectivity index is 1.16. The van der Waals surface area contributed by atoms with Gasteiger partial charge in [0.25, 0.3) is 0 Å². The summed E-state index contributed by atoms with van der Waals surface area (Å²) in [6.07, 6.45) is 7.33. The molecule has 7 aromatic rings. The standard InChI is InChI=1S/C48H35N3O/c1-3-13-32(14-4-1)34-23-26-37(27-24-34)51(38-28-25-33-15-7-8-18-36(33)31-38)43-30-29-41(45-40-20-10-12-22-44(40)52-47(43)45)48-49-42-21-11-9-19-39(42)46(50-48)35-16-5-2-6-17-35/h1-19,21-31,40,46H,20H2,(H,49,50). The van der Waals surface area contributed by atoms with Crippen LogP contribution < -0.4 is 15.0 Å². The van der Waals surface area contributed by atoms with Gasteiger partial charge in [0.15, 0.2) is 5.75 Å². The molecule has 4 nitrogen and oxygen atoms in total. The second kappa shape index (κ2) is 12.6. The number of para-hydroxylation sites is 1. The Morgan fingerprint density at radius 2 is 1.35 bits per heavy atom. The monoisotopic (exact) mass is 669 g/mol. The molecule has 4 heteroatoms. The highest BCUT2D eigenvalue weighted by atomic mass is 16.5. The molecular formula is C48H35N3O. The van der Waals surface area contributed by atoms with Gasteiger partial charge < -0.3 is 15.0 Å². The lowest BCUT2D eigenvalue weighted by Crippen LogP contribution is -2.33. The molecule has 1 N–H and O–H groups in total. The van der Waals surface area contributed by atoms with E-state index in [9.17, 15) is 0 Å². The number of rotatable bonds is 6. The van der Waals surface area contributed by atoms with E-state index in [-0.39, 0.29) is 12.0 Å². The summed E-state index contributed by atoms with van der Waals surface area (Å²) in [6.45, 7) is 0. The maximum Gasteiger partial charge on any atom is 0.155 e. The van der Waals surface area contributed by atoms with E-state index in [4.69, 9.17) is 9.73 Å². The minimum Gasteiger partial charge on any atom is -0.459 e. The van der Waals surface area contributed by atoms with Crippen LogP contribution >= 0.6 is 0 Å². The van der Waals surface area contributed by atoms with Gasteiger partial charge in [-0.3, -0.25) is 0 Å². The number of anilines is 3. The average Bonchev–Trinajstić information content (AvgIpc) is 3.62. The molecule has 0 saturated heterocycles. The normalized spacial score (nSPS) is 16.8. The van der Waals surface area contributed by atoms with E-state index < -0.39 is 0 Å². The third-order valence-corrected chi connectivity index (χ3v) is 10.5. The van der Waals surface area contributed by atoms with Crippen LogP contribution in [0.4, 0.5) is 22.7 Å². The van der Waals surface area contributed by atoms with E-state index in [1.807, 2.05) is 0 Å². The molecule has 10 rings (SSSR count). The summed E-state index contributed by atoms with van der Waals surface area (Å²) >= 11 is 0. The molecule has 2 atom stereocenters. The topological polar surface area (TPSA) is 36.9 Å². The lowest BCUT2D eigenvalue weighted by Gasteiger charge is -2.30. The third-order valence-electron chi connectivity index (χ3n) is 10.5. The highest BCUT2D eigenvalue weighted by Gasteiger charge is 2.38. The fraction of sp³-hybridized carbons (Fsp3) is 0.0625. The van der Waals surface area contributed by atoms with E-state index in [0.717, 1.165) is 57.6 Å². The second-order valence-corrected chi connectivity index (χ2v) is 13.5. The Bertz CT molecular complexity index is 2550. The number of ether oxygens (including phenoxy) is 1. The van der Waals surface area contributed by atoms with E-state index in [0.29, 0.717) is 0 Å². The van der Waals surface area contributed by atoms with Crippen LogP contribution in [-0.2, 0) is 0 Å². The van der Waals surface area contributed by atoms with Gasteiger partial charge in [-0.1, -0.05) is 133 Å². The van der Waals surface area contributed by atoms with Crippen molar-refractivity contribution in [1.29, 1.82) is 0 Å². The maximum atomic E-state index is 6.94. The first-order valence-electron chi connectivity index (χ1n) is 17.9. The largest absolute Gasteiger partial charge is 0.459 e. The Hall–Kier alpha value is -6.65. The minimum absolute atomic E-state index is 0.0268. The third kappa shape index (κ3) is 5.19. The van der Waals surface area contributed by atoms with Crippen molar-refractivity contribution < 1.29 is 4.74 Å². The van der Waals surface area contributed by atoms with Gasteiger partial charge in [0.2, 0.25) is 0 Å². The summed E-state index contributed by atoms with van der Waals surface area (Å²) in [5, 5.41) is 6.26. The summed E-state index contributed by atoms with van der Waals surface area (Å²) in [6, 6.07) is 58.1. The number of aliphatic imine (C=N–C) groups is 1. The first-order chi connectivity index (χ1) is 25.8. The molecule has 0 radical (unpaired) electrons. The maximum absolute atomic E-state index is 6.94. The van der Waals surface area contributed by atoms with Crippen LogP contribution in [0.25, 0.3) is 21.9 Å². The van der Waals surface area contributed by atoms with E-state index in [1.54, 1.807) is 0 Å². The van der Waals surface area contributed by atoms with E-state index >= 15 is 0 Å². The Kier molecular flexibility index (Phi) is 7.31. The molecule has 7 aromatic carbocycles. The number of hydrogen-bond donors (Lipinski definition) is 1. The zero-order valence-electron chi connectivity index (χ0n) is 28.5. The average molecular weight is 670 g/mol. The molecule has 0 spiro atoms. The van der Waals surface area contributed by atoms with Crippen molar-refractivity contribution in [1.82, 2.24) is 5.32 Å². The number of hydrogen-bond acceptors (Lipinski definition) is 4. The van der Waals surface area contributed by atoms with Crippen molar-refractivity contribution >= 4 is 39.4 Å². The summed E-state index contributed by atoms with van der Waals surface area (Å²) in [5.41, 5.74) is 11.1. The molecule has 0 fully saturated rings. The summed E-state index contributed by atoms with van der Waals surface area (Å²) < 4.78 is 6.94. The van der Waals surface area contributed by atoms with Gasteiger partial charge in [0.1, 0.15) is 11.6 Å². The molecule has 1 aliphatic carbocycles. The van der Waals surface area contributed by atoms with Crippen LogP contribution in [0, 0.1) is 0 Å². The zero-order chi connectivity index (χ0) is 34.4. The van der Waals surface area contributed by atoms with Gasteiger partial charge in [-0.25, -0.2) is 4.99 Å². The van der Waals surface area contributed by atoms with Crippen LogP contribution in [0.15, 0.2) is 193 Å². The molecule has 0 aromatic heterocycles. The van der Waals surface area contributed by atoms with Gasteiger partial charge in [-0.05, 0) is 82.4 Å². The van der Waals surface area contributed by atoms with Gasteiger partial charge in [-0.2, -0.15) is 0 Å². The summed E-state index contributed by atoms with van der Waals surface area (Å²) in [5.74, 6) is 2.79. The molecule has 0 saturated carbocycles. The molecule has 2 heterocycles. The van der Waals surface area contributed by atoms with Crippen LogP contribution in [0.5, 0.6) is 5.75 Å². The van der Waals surface area contributed by atoms with E-state index in [1.165, 1.54) is 33.0 Å². The quantitative estimate of drug-likeness (QED) is 0.191. The Morgan fingerprint density at radius 3 is 2.19 bits per heavy atom. The van der Waals surface area contributed by atoms with Gasteiger partial charge in [0.05, 0.1) is 23.3 Å². The predicted octanol–water partition coefficient (Wildman–Crippen LogP) is 12.1. The Labute approximate surface area is 303 Å². The summed E-state index contributed by atoms with van der Waals surface area (Å²) in [4.78, 5) is 7.61. The van der Waals surface area contributed by atoms with E-state index in [2.05, 4.69) is 192 Å². The number of nitrogens with one attached hydrogen (secondary N) is 1.